The van der Waals surface area contributed by atoms with Crippen molar-refractivity contribution in [2.45, 2.75) is 46.0 Å². The summed E-state index contributed by atoms with van der Waals surface area (Å²) in [6, 6.07) is 0. The number of methoxy groups -OCH3 is 1. The monoisotopic (exact) mass is 261 g/mol. The van der Waals surface area contributed by atoms with E-state index in [-0.39, 0.29) is 0 Å². The van der Waals surface area contributed by atoms with Crippen LogP contribution in [-0.4, -0.2) is 44.5 Å². The van der Waals surface area contributed by atoms with Gasteiger partial charge in [0.15, 0.2) is 0 Å². The molecule has 0 fully saturated rings. The zero-order valence-corrected chi connectivity index (χ0v) is 13.1. The summed E-state index contributed by atoms with van der Waals surface area (Å²) in [5.41, 5.74) is 0.411. The second-order valence-electron chi connectivity index (χ2n) is 5.24. The van der Waals surface area contributed by atoms with E-state index in [0.29, 0.717) is 5.41 Å². The molecule has 3 heteroatoms. The van der Waals surface area contributed by atoms with Gasteiger partial charge < -0.3 is 9.64 Å². The van der Waals surface area contributed by atoms with Gasteiger partial charge in [0.05, 0.1) is 0 Å². The molecule has 0 heterocycles. The van der Waals surface area contributed by atoms with Crippen LogP contribution in [0.1, 0.15) is 46.0 Å². The van der Waals surface area contributed by atoms with E-state index in [1.54, 1.807) is 7.11 Å². The van der Waals surface area contributed by atoms with Crippen LogP contribution in [0.2, 0.25) is 0 Å². The number of nitrogens with zero attached hydrogens (tertiary/aromatic N) is 1. The lowest BCUT2D eigenvalue weighted by molar-refractivity contribution is 0.144. The van der Waals surface area contributed by atoms with E-state index in [4.69, 9.17) is 4.74 Å². The molecule has 0 spiro atoms. The van der Waals surface area contributed by atoms with Crippen molar-refractivity contribution in [2.75, 3.05) is 39.6 Å². The third-order valence-corrected chi connectivity index (χ3v) is 4.06. The van der Waals surface area contributed by atoms with E-state index in [9.17, 15) is 0 Å². The van der Waals surface area contributed by atoms with E-state index in [1.807, 2.05) is 0 Å². The molecular formula is C14H31NOS. The highest BCUT2D eigenvalue weighted by Gasteiger charge is 2.28. The van der Waals surface area contributed by atoms with E-state index in [2.05, 4.69) is 38.4 Å². The van der Waals surface area contributed by atoms with Crippen molar-refractivity contribution >= 4 is 12.6 Å². The van der Waals surface area contributed by atoms with Crippen LogP contribution in [0.5, 0.6) is 0 Å². The number of rotatable bonds is 11. The maximum absolute atomic E-state index is 5.10. The molecule has 0 aromatic rings. The van der Waals surface area contributed by atoms with E-state index in [1.165, 1.54) is 32.2 Å². The van der Waals surface area contributed by atoms with Crippen molar-refractivity contribution in [2.24, 2.45) is 5.41 Å². The number of hydrogen-bond donors (Lipinski definition) is 1. The molecule has 104 valence electrons. The minimum atomic E-state index is 0.411. The molecule has 0 amide bonds. The maximum Gasteiger partial charge on any atom is 0.0474 e. The number of thiol groups is 1. The summed E-state index contributed by atoms with van der Waals surface area (Å²) in [5.74, 6) is 1.00. The predicted molar refractivity (Wildman–Crippen MR) is 80.1 cm³/mol. The molecule has 0 radical (unpaired) electrons. The predicted octanol–water partition coefficient (Wildman–Crippen LogP) is 3.47. The molecule has 2 nitrogen and oxygen atoms in total. The smallest absolute Gasteiger partial charge is 0.0474 e. The molecule has 0 rings (SSSR count). The Hall–Kier alpha value is 0.270. The van der Waals surface area contributed by atoms with Crippen molar-refractivity contribution in [3.63, 3.8) is 0 Å². The van der Waals surface area contributed by atoms with E-state index >= 15 is 0 Å². The highest BCUT2D eigenvalue weighted by Crippen LogP contribution is 2.32. The zero-order valence-electron chi connectivity index (χ0n) is 12.2. The molecule has 0 aromatic heterocycles. The van der Waals surface area contributed by atoms with Crippen molar-refractivity contribution < 1.29 is 4.74 Å². The first-order valence-corrected chi connectivity index (χ1v) is 7.55. The standard InChI is InChI=1S/C14H31NOS/c1-5-8-14(13-17,9-6-2)12-15(3)10-7-11-16-4/h17H,5-13H2,1-4H3. The van der Waals surface area contributed by atoms with E-state index in [0.717, 1.165) is 25.3 Å². The van der Waals surface area contributed by atoms with Crippen LogP contribution in [0.15, 0.2) is 0 Å². The second-order valence-corrected chi connectivity index (χ2v) is 5.56. The van der Waals surface area contributed by atoms with Gasteiger partial charge in [-0.3, -0.25) is 0 Å². The zero-order chi connectivity index (χ0) is 13.1. The Morgan fingerprint density at radius 1 is 1.18 bits per heavy atom. The fourth-order valence-corrected chi connectivity index (χ4v) is 3.10. The van der Waals surface area contributed by atoms with Crippen LogP contribution >= 0.6 is 12.6 Å². The Kier molecular flexibility index (Phi) is 10.4. The van der Waals surface area contributed by atoms with Crippen molar-refractivity contribution in [1.82, 2.24) is 4.90 Å². The SMILES string of the molecule is CCCC(CS)(CCC)CN(C)CCCOC. The van der Waals surface area contributed by atoms with Gasteiger partial charge in [0, 0.05) is 26.8 Å². The van der Waals surface area contributed by atoms with Crippen LogP contribution in [0, 0.1) is 5.41 Å². The summed E-state index contributed by atoms with van der Waals surface area (Å²) in [4.78, 5) is 2.44. The van der Waals surface area contributed by atoms with Crippen LogP contribution < -0.4 is 0 Å². The lowest BCUT2D eigenvalue weighted by atomic mass is 9.80. The molecule has 0 bridgehead atoms. The average molecular weight is 261 g/mol. The Balaban J connectivity index is 4.19. The van der Waals surface area contributed by atoms with Crippen LogP contribution in [0.4, 0.5) is 0 Å². The summed E-state index contributed by atoms with van der Waals surface area (Å²) >= 11 is 4.60. The molecule has 0 unspecified atom stereocenters. The Bertz CT molecular complexity index is 170. The molecular weight excluding hydrogens is 230 g/mol. The van der Waals surface area contributed by atoms with Crippen molar-refractivity contribution in [3.05, 3.63) is 0 Å². The van der Waals surface area contributed by atoms with Gasteiger partial charge in [0.2, 0.25) is 0 Å². The average Bonchev–Trinajstić information content (AvgIpc) is 2.30. The fraction of sp³-hybridized carbons (Fsp3) is 1.00. The molecule has 0 aliphatic rings. The van der Waals surface area contributed by atoms with E-state index < -0.39 is 0 Å². The normalized spacial score (nSPS) is 12.4. The Labute approximate surface area is 114 Å². The lowest BCUT2D eigenvalue weighted by Gasteiger charge is -2.36. The third kappa shape index (κ3) is 7.32. The fourth-order valence-electron chi connectivity index (χ4n) is 2.68. The summed E-state index contributed by atoms with van der Waals surface area (Å²) in [5, 5.41) is 0. The van der Waals surface area contributed by atoms with Crippen molar-refractivity contribution in [1.29, 1.82) is 0 Å². The second kappa shape index (κ2) is 10.2. The first kappa shape index (κ1) is 17.3. The molecule has 0 N–H and O–H groups in total. The van der Waals surface area contributed by atoms with Gasteiger partial charge in [0.25, 0.3) is 0 Å². The lowest BCUT2D eigenvalue weighted by Crippen LogP contribution is -2.38. The minimum Gasteiger partial charge on any atom is -0.385 e. The number of ether oxygens (including phenoxy) is 1. The highest BCUT2D eigenvalue weighted by atomic mass is 32.1. The van der Waals surface area contributed by atoms with Crippen LogP contribution in [0.3, 0.4) is 0 Å². The van der Waals surface area contributed by atoms with Gasteiger partial charge >= 0.3 is 0 Å². The van der Waals surface area contributed by atoms with Gasteiger partial charge in [-0.1, -0.05) is 26.7 Å². The Morgan fingerprint density at radius 3 is 2.18 bits per heavy atom. The van der Waals surface area contributed by atoms with Crippen LogP contribution in [-0.2, 0) is 4.74 Å². The van der Waals surface area contributed by atoms with Gasteiger partial charge in [-0.15, -0.1) is 0 Å². The molecule has 0 aliphatic heterocycles. The van der Waals surface area contributed by atoms with Crippen molar-refractivity contribution in [3.8, 4) is 0 Å². The van der Waals surface area contributed by atoms with Gasteiger partial charge in [0.1, 0.15) is 0 Å². The van der Waals surface area contributed by atoms with Gasteiger partial charge in [-0.25, -0.2) is 0 Å². The highest BCUT2D eigenvalue weighted by molar-refractivity contribution is 7.80. The summed E-state index contributed by atoms with van der Waals surface area (Å²) in [7, 11) is 3.99. The molecule has 0 aromatic carbocycles. The summed E-state index contributed by atoms with van der Waals surface area (Å²) in [6.45, 7) is 7.70. The minimum absolute atomic E-state index is 0.411. The third-order valence-electron chi connectivity index (χ3n) is 3.39. The number of hydrogen-bond acceptors (Lipinski definition) is 3. The van der Waals surface area contributed by atoms with Gasteiger partial charge in [-0.05, 0) is 37.5 Å². The van der Waals surface area contributed by atoms with Gasteiger partial charge in [-0.2, -0.15) is 12.6 Å². The molecule has 0 saturated heterocycles. The topological polar surface area (TPSA) is 12.5 Å². The molecule has 0 atom stereocenters. The summed E-state index contributed by atoms with van der Waals surface area (Å²) in [6.07, 6.45) is 6.21. The molecule has 0 saturated carbocycles. The Morgan fingerprint density at radius 2 is 1.76 bits per heavy atom. The first-order chi connectivity index (χ1) is 8.14. The molecule has 0 aliphatic carbocycles. The summed E-state index contributed by atoms with van der Waals surface area (Å²) < 4.78 is 5.10. The quantitative estimate of drug-likeness (QED) is 0.452. The van der Waals surface area contributed by atoms with Crippen LogP contribution in [0.25, 0.3) is 0 Å². The molecule has 17 heavy (non-hydrogen) atoms. The largest absolute Gasteiger partial charge is 0.385 e. The maximum atomic E-state index is 5.10. The first-order valence-electron chi connectivity index (χ1n) is 6.92.